The van der Waals surface area contributed by atoms with E-state index < -0.39 is 15.5 Å². The van der Waals surface area contributed by atoms with Crippen LogP contribution in [0, 0.1) is 6.92 Å². The Kier molecular flexibility index (Phi) is 8.79. The number of hydrogen-bond donors (Lipinski definition) is 2. The number of benzene rings is 2. The van der Waals surface area contributed by atoms with Crippen molar-refractivity contribution in [2.24, 2.45) is 5.73 Å². The topological polar surface area (TPSA) is 104 Å². The fourth-order valence-corrected chi connectivity index (χ4v) is 6.79. The van der Waals surface area contributed by atoms with Crippen LogP contribution >= 0.6 is 0 Å². The summed E-state index contributed by atoms with van der Waals surface area (Å²) in [5.74, 6) is 0.0758. The van der Waals surface area contributed by atoms with Crippen LogP contribution in [0.5, 0.6) is 0 Å². The van der Waals surface area contributed by atoms with E-state index in [1.54, 1.807) is 12.1 Å². The van der Waals surface area contributed by atoms with Gasteiger partial charge in [0.05, 0.1) is 16.9 Å². The number of carbonyl (C=O) groups is 1. The van der Waals surface area contributed by atoms with E-state index in [-0.39, 0.29) is 22.6 Å². The fraction of sp³-hybridized carbons (Fsp3) is 0.455. The number of nitrogens with zero attached hydrogens (tertiary/aromatic N) is 2. The highest BCUT2D eigenvalue weighted by molar-refractivity contribution is 7.85. The Morgan fingerprint density at radius 1 is 1.02 bits per heavy atom. The molecule has 0 bridgehead atoms. The van der Waals surface area contributed by atoms with E-state index in [0.29, 0.717) is 6.42 Å². The third-order valence-corrected chi connectivity index (χ3v) is 9.45. The number of rotatable bonds is 11. The van der Waals surface area contributed by atoms with Crippen LogP contribution in [0.2, 0.25) is 0 Å². The molecule has 7 nitrogen and oxygen atoms in total. The molecule has 4 rings (SSSR count). The smallest absolute Gasteiger partial charge is 0.294 e. The maximum atomic E-state index is 12.0. The highest BCUT2D eigenvalue weighted by Crippen LogP contribution is 2.48. The minimum atomic E-state index is -4.33. The van der Waals surface area contributed by atoms with Crippen molar-refractivity contribution in [3.8, 4) is 0 Å². The van der Waals surface area contributed by atoms with Crippen LogP contribution in [-0.4, -0.2) is 48.7 Å². The highest BCUT2D eigenvalue weighted by Gasteiger charge is 2.45. The number of hydrogen-bond acceptors (Lipinski definition) is 5. The van der Waals surface area contributed by atoms with Gasteiger partial charge in [0.1, 0.15) is 12.3 Å². The average Bonchev–Trinajstić information content (AvgIpc) is 3.25. The second kappa shape index (κ2) is 11.7. The fourth-order valence-electron chi connectivity index (χ4n) is 6.29. The molecule has 8 heteroatoms. The molecule has 0 aromatic heterocycles. The number of anilines is 1. The summed E-state index contributed by atoms with van der Waals surface area (Å²) in [6, 6.07) is 11.5. The van der Waals surface area contributed by atoms with E-state index in [1.807, 2.05) is 0 Å². The van der Waals surface area contributed by atoms with Crippen LogP contribution in [0.1, 0.15) is 77.0 Å². The minimum absolute atomic E-state index is 0.0758. The first kappa shape index (κ1) is 30.9. The molecule has 0 aliphatic carbocycles. The Hall–Kier alpha value is -3.07. The highest BCUT2D eigenvalue weighted by atomic mass is 32.2. The zero-order valence-corrected chi connectivity index (χ0v) is 26.0. The summed E-state index contributed by atoms with van der Waals surface area (Å²) in [6.07, 6.45) is 9.49. The molecule has 2 aliphatic rings. The zero-order chi connectivity index (χ0) is 30.2. The standard InChI is InChI=1S/C33H43N3O4S/c1-7-35-28-17-15-23(2)20-26(28)32(3,4)30(35)13-11-14-31-33(5,6)27-21-25(41(38,39)40)16-18-29(27)36(31)19-10-8-9-12-24(37)22-34/h11,13-18,20-21H,7-10,12,19,22,34H2,1-6H3/p+1. The SMILES string of the molecule is CCN1C(=CC=CC2=[N+](CCCCCC(=O)CN)c3ccc(S(=O)(=O)O)cc3C2(C)C)C(C)(C)c2cc(C)ccc21. The van der Waals surface area contributed by atoms with Crippen molar-refractivity contribution in [1.82, 2.24) is 0 Å². The number of fused-ring (bicyclic) bond motifs is 2. The van der Waals surface area contributed by atoms with Crippen LogP contribution in [0.25, 0.3) is 0 Å². The molecule has 0 amide bonds. The predicted octanol–water partition coefficient (Wildman–Crippen LogP) is 5.96. The van der Waals surface area contributed by atoms with Crippen LogP contribution in [0.15, 0.2) is 65.2 Å². The van der Waals surface area contributed by atoms with Gasteiger partial charge in [0.2, 0.25) is 5.69 Å². The van der Waals surface area contributed by atoms with E-state index in [4.69, 9.17) is 5.73 Å². The Bertz CT molecular complexity index is 1550. The maximum absolute atomic E-state index is 12.0. The van der Waals surface area contributed by atoms with Crippen molar-refractivity contribution >= 4 is 33.0 Å². The number of unbranched alkanes of at least 4 members (excludes halogenated alkanes) is 2. The quantitative estimate of drug-likeness (QED) is 0.194. The van der Waals surface area contributed by atoms with E-state index in [0.717, 1.165) is 49.3 Å². The Labute approximate surface area is 245 Å². The Morgan fingerprint density at radius 3 is 2.41 bits per heavy atom. The second-order valence-electron chi connectivity index (χ2n) is 12.2. The number of likely N-dealkylation sites (N-methyl/N-ethyl adjacent to an activating group) is 1. The normalized spacial score (nSPS) is 18.4. The predicted molar refractivity (Wildman–Crippen MR) is 166 cm³/mol. The van der Waals surface area contributed by atoms with Gasteiger partial charge in [-0.25, -0.2) is 0 Å². The lowest BCUT2D eigenvalue weighted by Gasteiger charge is -2.25. The van der Waals surface area contributed by atoms with Crippen LogP contribution in [-0.2, 0) is 25.7 Å². The first-order valence-corrected chi connectivity index (χ1v) is 15.9. The summed E-state index contributed by atoms with van der Waals surface area (Å²) in [5, 5.41) is 0. The number of ketones is 1. The molecule has 2 aromatic carbocycles. The summed E-state index contributed by atoms with van der Waals surface area (Å²) >= 11 is 0. The molecule has 0 fully saturated rings. The average molecular weight is 579 g/mol. The van der Waals surface area contributed by atoms with E-state index in [1.165, 1.54) is 28.6 Å². The van der Waals surface area contributed by atoms with Gasteiger partial charge in [0.25, 0.3) is 10.1 Å². The summed E-state index contributed by atoms with van der Waals surface area (Å²) in [6.45, 7) is 14.7. The van der Waals surface area contributed by atoms with Gasteiger partial charge in [-0.3, -0.25) is 9.35 Å². The van der Waals surface area contributed by atoms with Crippen molar-refractivity contribution in [3.05, 3.63) is 77.0 Å². The first-order chi connectivity index (χ1) is 19.2. The third-order valence-electron chi connectivity index (χ3n) is 8.60. The lowest BCUT2D eigenvalue weighted by atomic mass is 9.81. The second-order valence-corrected chi connectivity index (χ2v) is 13.6. The molecule has 3 N–H and O–H groups in total. The van der Waals surface area contributed by atoms with Crippen molar-refractivity contribution in [3.63, 3.8) is 0 Å². The number of aryl methyl sites for hydroxylation is 1. The molecule has 0 saturated heterocycles. The van der Waals surface area contributed by atoms with Crippen molar-refractivity contribution in [2.75, 3.05) is 24.5 Å². The molecule has 0 atom stereocenters. The van der Waals surface area contributed by atoms with Gasteiger partial charge in [-0.2, -0.15) is 13.0 Å². The van der Waals surface area contributed by atoms with E-state index >= 15 is 0 Å². The van der Waals surface area contributed by atoms with Gasteiger partial charge in [0.15, 0.2) is 5.71 Å². The molecular formula is C33H44N3O4S+. The Balaban J connectivity index is 1.71. The van der Waals surface area contributed by atoms with Gasteiger partial charge in [0, 0.05) is 53.9 Å². The number of allylic oxidation sites excluding steroid dienone is 4. The minimum Gasteiger partial charge on any atom is -0.344 e. The van der Waals surface area contributed by atoms with Gasteiger partial charge in [-0.1, -0.05) is 37.6 Å². The molecular weight excluding hydrogens is 534 g/mol. The summed E-state index contributed by atoms with van der Waals surface area (Å²) < 4.78 is 35.9. The third kappa shape index (κ3) is 5.96. The molecule has 0 saturated carbocycles. The molecule has 220 valence electrons. The number of carbonyl (C=O) groups excluding carboxylic acids is 1. The van der Waals surface area contributed by atoms with Gasteiger partial charge in [-0.15, -0.1) is 0 Å². The first-order valence-electron chi connectivity index (χ1n) is 14.5. The monoisotopic (exact) mass is 578 g/mol. The molecule has 0 radical (unpaired) electrons. The molecule has 2 heterocycles. The molecule has 0 unspecified atom stereocenters. The summed E-state index contributed by atoms with van der Waals surface area (Å²) in [4.78, 5) is 13.9. The summed E-state index contributed by atoms with van der Waals surface area (Å²) in [5.41, 5.74) is 12.7. The van der Waals surface area contributed by atoms with Crippen LogP contribution in [0.4, 0.5) is 11.4 Å². The number of nitrogens with two attached hydrogens (primary N) is 1. The zero-order valence-electron chi connectivity index (χ0n) is 25.2. The van der Waals surface area contributed by atoms with Gasteiger partial charge in [-0.05, 0) is 70.4 Å². The molecule has 2 aromatic rings. The Morgan fingerprint density at radius 2 is 1.76 bits per heavy atom. The maximum Gasteiger partial charge on any atom is 0.294 e. The van der Waals surface area contributed by atoms with Crippen molar-refractivity contribution < 1.29 is 22.3 Å². The summed E-state index contributed by atoms with van der Waals surface area (Å²) in [7, 11) is -4.33. The largest absolute Gasteiger partial charge is 0.344 e. The lowest BCUT2D eigenvalue weighted by molar-refractivity contribution is -0.438. The van der Waals surface area contributed by atoms with Crippen molar-refractivity contribution in [2.45, 2.75) is 83.0 Å². The van der Waals surface area contributed by atoms with Crippen LogP contribution in [0.3, 0.4) is 0 Å². The lowest BCUT2D eigenvalue weighted by Crippen LogP contribution is -2.28. The molecule has 0 spiro atoms. The van der Waals surface area contributed by atoms with E-state index in [9.17, 15) is 17.8 Å². The van der Waals surface area contributed by atoms with Gasteiger partial charge < -0.3 is 10.6 Å². The van der Waals surface area contributed by atoms with Crippen LogP contribution < -0.4 is 10.6 Å². The number of Topliss-reactive ketones (excluding diaryl/α,β-unsaturated/α-hetero) is 1. The van der Waals surface area contributed by atoms with Gasteiger partial charge >= 0.3 is 0 Å². The molecule has 41 heavy (non-hydrogen) atoms. The van der Waals surface area contributed by atoms with E-state index in [2.05, 4.69) is 87.4 Å². The van der Waals surface area contributed by atoms with Crippen molar-refractivity contribution in [1.29, 1.82) is 0 Å². The molecule has 2 aliphatic heterocycles.